The van der Waals surface area contributed by atoms with Crippen LogP contribution >= 0.6 is 0 Å². The molecule has 6 heteroatoms. The zero-order valence-corrected chi connectivity index (χ0v) is 13.6. The van der Waals surface area contributed by atoms with E-state index in [1.54, 1.807) is 0 Å². The summed E-state index contributed by atoms with van der Waals surface area (Å²) in [7, 11) is 0. The van der Waals surface area contributed by atoms with E-state index in [-0.39, 0.29) is 5.91 Å². The number of likely N-dealkylation sites (tertiary alicyclic amines) is 1. The summed E-state index contributed by atoms with van der Waals surface area (Å²) in [6.07, 6.45) is 7.97. The van der Waals surface area contributed by atoms with Gasteiger partial charge in [0, 0.05) is 50.4 Å². The molecule has 0 radical (unpaired) electrons. The van der Waals surface area contributed by atoms with E-state index < -0.39 is 0 Å². The molecule has 2 aromatic rings. The lowest BCUT2D eigenvalue weighted by molar-refractivity contribution is -0.136. The maximum atomic E-state index is 12.2. The van der Waals surface area contributed by atoms with Crippen LogP contribution in [0.15, 0.2) is 18.5 Å². The standard InChI is InChI=1S/C17H23N5O/c1-13-9-18-21(10-13)7-5-17(23)20-11-14(12-20)16-8-15-4-2-3-6-22(15)19-16/h8-10,14H,2-7,11-12H2,1H3. The molecule has 0 atom stereocenters. The van der Waals surface area contributed by atoms with Crippen molar-refractivity contribution in [1.82, 2.24) is 24.5 Å². The van der Waals surface area contributed by atoms with Gasteiger partial charge in [0.15, 0.2) is 0 Å². The molecule has 0 bridgehead atoms. The van der Waals surface area contributed by atoms with Crippen LogP contribution in [-0.2, 0) is 24.3 Å². The molecule has 0 aliphatic carbocycles. The largest absolute Gasteiger partial charge is 0.341 e. The molecule has 2 aliphatic rings. The fourth-order valence-electron chi connectivity index (χ4n) is 3.47. The number of rotatable bonds is 4. The van der Waals surface area contributed by atoms with E-state index in [9.17, 15) is 4.79 Å². The van der Waals surface area contributed by atoms with Crippen molar-refractivity contribution in [2.75, 3.05) is 13.1 Å². The number of hydrogen-bond acceptors (Lipinski definition) is 3. The average molecular weight is 313 g/mol. The molecular weight excluding hydrogens is 290 g/mol. The Morgan fingerprint density at radius 1 is 1.35 bits per heavy atom. The van der Waals surface area contributed by atoms with Gasteiger partial charge in [0.1, 0.15) is 0 Å². The quantitative estimate of drug-likeness (QED) is 0.864. The van der Waals surface area contributed by atoms with E-state index in [0.29, 0.717) is 18.9 Å². The van der Waals surface area contributed by atoms with Crippen LogP contribution < -0.4 is 0 Å². The number of nitrogens with zero attached hydrogens (tertiary/aromatic N) is 5. The van der Waals surface area contributed by atoms with Gasteiger partial charge >= 0.3 is 0 Å². The Morgan fingerprint density at radius 3 is 2.96 bits per heavy atom. The molecule has 1 amide bonds. The van der Waals surface area contributed by atoms with Gasteiger partial charge in [-0.3, -0.25) is 14.2 Å². The minimum atomic E-state index is 0.221. The molecule has 4 heterocycles. The molecule has 1 fully saturated rings. The van der Waals surface area contributed by atoms with Gasteiger partial charge in [-0.05, 0) is 37.8 Å². The van der Waals surface area contributed by atoms with Gasteiger partial charge in [0.2, 0.25) is 5.91 Å². The molecule has 2 aliphatic heterocycles. The lowest BCUT2D eigenvalue weighted by Gasteiger charge is -2.38. The minimum Gasteiger partial charge on any atom is -0.341 e. The number of hydrogen-bond donors (Lipinski definition) is 0. The van der Waals surface area contributed by atoms with Crippen LogP contribution in [0, 0.1) is 6.92 Å². The fourth-order valence-corrected chi connectivity index (χ4v) is 3.47. The first-order valence-corrected chi connectivity index (χ1v) is 8.52. The van der Waals surface area contributed by atoms with Crippen molar-refractivity contribution in [2.45, 2.75) is 51.6 Å². The van der Waals surface area contributed by atoms with Crippen molar-refractivity contribution in [3.63, 3.8) is 0 Å². The summed E-state index contributed by atoms with van der Waals surface area (Å²) in [5, 5.41) is 8.95. The number of aromatic nitrogens is 4. The Hall–Kier alpha value is -2.11. The molecular formula is C17H23N5O. The maximum Gasteiger partial charge on any atom is 0.224 e. The number of amides is 1. The van der Waals surface area contributed by atoms with Gasteiger partial charge in [-0.15, -0.1) is 0 Å². The summed E-state index contributed by atoms with van der Waals surface area (Å²) >= 11 is 0. The van der Waals surface area contributed by atoms with Crippen LogP contribution in [0.1, 0.15) is 42.1 Å². The monoisotopic (exact) mass is 313 g/mol. The van der Waals surface area contributed by atoms with Crippen LogP contribution in [-0.4, -0.2) is 43.5 Å². The van der Waals surface area contributed by atoms with Crippen LogP contribution in [0.2, 0.25) is 0 Å². The van der Waals surface area contributed by atoms with Crippen molar-refractivity contribution < 1.29 is 4.79 Å². The predicted molar refractivity (Wildman–Crippen MR) is 86.1 cm³/mol. The summed E-state index contributed by atoms with van der Waals surface area (Å²) in [5.41, 5.74) is 3.67. The highest BCUT2D eigenvalue weighted by Crippen LogP contribution is 2.28. The number of carbonyl (C=O) groups is 1. The van der Waals surface area contributed by atoms with Crippen molar-refractivity contribution in [1.29, 1.82) is 0 Å². The summed E-state index contributed by atoms with van der Waals surface area (Å²) < 4.78 is 4.00. The van der Waals surface area contributed by atoms with Gasteiger partial charge in [-0.25, -0.2) is 0 Å². The highest BCUT2D eigenvalue weighted by Gasteiger charge is 2.33. The first-order valence-electron chi connectivity index (χ1n) is 8.52. The maximum absolute atomic E-state index is 12.2. The lowest BCUT2D eigenvalue weighted by Crippen LogP contribution is -2.48. The van der Waals surface area contributed by atoms with Crippen LogP contribution in [0.5, 0.6) is 0 Å². The molecule has 4 rings (SSSR count). The first kappa shape index (κ1) is 14.5. The van der Waals surface area contributed by atoms with Gasteiger partial charge in [0.05, 0.1) is 11.9 Å². The minimum absolute atomic E-state index is 0.221. The Bertz CT molecular complexity index is 687. The van der Waals surface area contributed by atoms with Gasteiger partial charge in [-0.1, -0.05) is 0 Å². The zero-order valence-electron chi connectivity index (χ0n) is 13.6. The summed E-state index contributed by atoms with van der Waals surface area (Å²) in [6.45, 7) is 5.34. The third-order valence-corrected chi connectivity index (χ3v) is 4.90. The van der Waals surface area contributed by atoms with Crippen LogP contribution in [0.3, 0.4) is 0 Å². The normalized spacial score (nSPS) is 17.9. The Labute approximate surface area is 136 Å². The molecule has 0 unspecified atom stereocenters. The smallest absolute Gasteiger partial charge is 0.224 e. The van der Waals surface area contributed by atoms with Crippen molar-refractivity contribution >= 4 is 5.91 Å². The first-order chi connectivity index (χ1) is 11.2. The van der Waals surface area contributed by atoms with Crippen molar-refractivity contribution in [3.05, 3.63) is 35.4 Å². The van der Waals surface area contributed by atoms with Gasteiger partial charge in [0.25, 0.3) is 0 Å². The Balaban J connectivity index is 1.29. The summed E-state index contributed by atoms with van der Waals surface area (Å²) in [5.74, 6) is 0.641. The summed E-state index contributed by atoms with van der Waals surface area (Å²) in [4.78, 5) is 14.2. The molecule has 6 nitrogen and oxygen atoms in total. The highest BCUT2D eigenvalue weighted by molar-refractivity contribution is 5.77. The van der Waals surface area contributed by atoms with Gasteiger partial charge in [-0.2, -0.15) is 10.2 Å². The zero-order chi connectivity index (χ0) is 15.8. The molecule has 0 spiro atoms. The molecule has 0 N–H and O–H groups in total. The van der Waals surface area contributed by atoms with E-state index in [0.717, 1.165) is 31.6 Å². The van der Waals surface area contributed by atoms with Crippen molar-refractivity contribution in [3.8, 4) is 0 Å². The number of aryl methyl sites for hydroxylation is 4. The molecule has 0 aromatic carbocycles. The SMILES string of the molecule is Cc1cnn(CCC(=O)N2CC(c3cc4n(n3)CCCC4)C2)c1. The predicted octanol–water partition coefficient (Wildman–Crippen LogP) is 1.74. The van der Waals surface area contributed by atoms with E-state index in [1.165, 1.54) is 24.2 Å². The molecule has 1 saturated heterocycles. The Morgan fingerprint density at radius 2 is 2.22 bits per heavy atom. The van der Waals surface area contributed by atoms with E-state index in [1.807, 2.05) is 28.9 Å². The van der Waals surface area contributed by atoms with E-state index >= 15 is 0 Å². The molecule has 2 aromatic heterocycles. The number of fused-ring (bicyclic) bond motifs is 1. The topological polar surface area (TPSA) is 56.0 Å². The van der Waals surface area contributed by atoms with Crippen molar-refractivity contribution in [2.24, 2.45) is 0 Å². The van der Waals surface area contributed by atoms with Crippen LogP contribution in [0.25, 0.3) is 0 Å². The third kappa shape index (κ3) is 2.90. The number of carbonyl (C=O) groups excluding carboxylic acids is 1. The molecule has 23 heavy (non-hydrogen) atoms. The Kier molecular flexibility index (Phi) is 3.67. The summed E-state index contributed by atoms with van der Waals surface area (Å²) in [6, 6.07) is 2.25. The average Bonchev–Trinajstić information content (AvgIpc) is 3.09. The van der Waals surface area contributed by atoms with E-state index in [2.05, 4.69) is 15.8 Å². The molecule has 0 saturated carbocycles. The second-order valence-electron chi connectivity index (χ2n) is 6.77. The highest BCUT2D eigenvalue weighted by atomic mass is 16.2. The fraction of sp³-hybridized carbons (Fsp3) is 0.588. The second-order valence-corrected chi connectivity index (χ2v) is 6.77. The van der Waals surface area contributed by atoms with Crippen LogP contribution in [0.4, 0.5) is 0 Å². The van der Waals surface area contributed by atoms with E-state index in [4.69, 9.17) is 5.10 Å². The lowest BCUT2D eigenvalue weighted by atomic mass is 9.95. The second kappa shape index (κ2) is 5.83. The molecule has 122 valence electrons. The van der Waals surface area contributed by atoms with Gasteiger partial charge < -0.3 is 4.90 Å². The third-order valence-electron chi connectivity index (χ3n) is 4.90.